The Morgan fingerprint density at radius 1 is 1.32 bits per heavy atom. The zero-order valence-electron chi connectivity index (χ0n) is 13.6. The van der Waals surface area contributed by atoms with E-state index in [-0.39, 0.29) is 12.6 Å². The molecule has 0 saturated heterocycles. The molecule has 0 unspecified atom stereocenters. The number of H-pyrrole nitrogens is 1. The van der Waals surface area contributed by atoms with Gasteiger partial charge in [-0.05, 0) is 31.4 Å². The quantitative estimate of drug-likeness (QED) is 0.654. The van der Waals surface area contributed by atoms with Crippen LogP contribution >= 0.6 is 0 Å². The second-order valence-electron chi connectivity index (χ2n) is 5.90. The van der Waals surface area contributed by atoms with E-state index in [4.69, 9.17) is 4.74 Å². The van der Waals surface area contributed by atoms with E-state index in [0.717, 1.165) is 24.8 Å². The zero-order chi connectivity index (χ0) is 15.8. The van der Waals surface area contributed by atoms with E-state index in [1.54, 1.807) is 0 Å². The summed E-state index contributed by atoms with van der Waals surface area (Å²) < 4.78 is 19.0. The topological polar surface area (TPSA) is 37.0 Å². The van der Waals surface area contributed by atoms with Crippen molar-refractivity contribution in [3.05, 3.63) is 36.0 Å². The minimum atomic E-state index is -0.942. The number of aromatic amines is 1. The molecule has 22 heavy (non-hydrogen) atoms. The van der Waals surface area contributed by atoms with Gasteiger partial charge in [0.2, 0.25) is 0 Å². The monoisotopic (exact) mass is 306 g/mol. The number of nitrogens with one attached hydrogen (secondary N) is 2. The third-order valence-electron chi connectivity index (χ3n) is 3.83. The second-order valence-corrected chi connectivity index (χ2v) is 5.90. The van der Waals surface area contributed by atoms with Gasteiger partial charge in [0.25, 0.3) is 0 Å². The van der Waals surface area contributed by atoms with Crippen LogP contribution in [-0.4, -0.2) is 37.0 Å². The van der Waals surface area contributed by atoms with Gasteiger partial charge in [-0.25, -0.2) is 4.39 Å². The van der Waals surface area contributed by atoms with Crippen molar-refractivity contribution in [1.82, 2.24) is 10.3 Å². The van der Waals surface area contributed by atoms with Crippen molar-refractivity contribution in [2.24, 2.45) is 0 Å². The smallest absolute Gasteiger partial charge is 0.136 e. The summed E-state index contributed by atoms with van der Waals surface area (Å²) in [4.78, 5) is 3.28. The lowest BCUT2D eigenvalue weighted by Gasteiger charge is -2.16. The van der Waals surface area contributed by atoms with Crippen molar-refractivity contribution in [1.29, 1.82) is 0 Å². The highest BCUT2D eigenvalue weighted by Gasteiger charge is 2.11. The molecule has 0 fully saturated rings. The molecule has 0 radical (unpaired) electrons. The molecule has 0 bridgehead atoms. The summed E-state index contributed by atoms with van der Waals surface area (Å²) in [5.74, 6) is 0. The van der Waals surface area contributed by atoms with Gasteiger partial charge in [0.15, 0.2) is 0 Å². The molecule has 1 aromatic heterocycles. The number of halogens is 1. The molecule has 3 nitrogen and oxygen atoms in total. The Labute approximate surface area is 132 Å². The van der Waals surface area contributed by atoms with Gasteiger partial charge in [0, 0.05) is 36.3 Å². The minimum Gasteiger partial charge on any atom is -0.378 e. The third-order valence-corrected chi connectivity index (χ3v) is 3.83. The molecule has 0 aliphatic carbocycles. The predicted octanol–water partition coefficient (Wildman–Crippen LogP) is 3.84. The molecule has 0 spiro atoms. The minimum absolute atomic E-state index is 0.187. The number of aromatic nitrogens is 1. The lowest BCUT2D eigenvalue weighted by Crippen LogP contribution is -2.35. The zero-order valence-corrected chi connectivity index (χ0v) is 13.6. The number of hydrogen-bond donors (Lipinski definition) is 2. The van der Waals surface area contributed by atoms with E-state index in [9.17, 15) is 4.39 Å². The number of fused-ring (bicyclic) bond motifs is 1. The third kappa shape index (κ3) is 5.11. The first-order chi connectivity index (χ1) is 10.7. The summed E-state index contributed by atoms with van der Waals surface area (Å²) >= 11 is 0. The van der Waals surface area contributed by atoms with Crippen molar-refractivity contribution in [2.75, 3.05) is 19.8 Å². The fourth-order valence-corrected chi connectivity index (χ4v) is 2.55. The average molecular weight is 306 g/mol. The van der Waals surface area contributed by atoms with E-state index in [0.29, 0.717) is 13.2 Å². The van der Waals surface area contributed by atoms with Crippen LogP contribution in [0.1, 0.15) is 32.3 Å². The Bertz CT molecular complexity index is 555. The van der Waals surface area contributed by atoms with Gasteiger partial charge >= 0.3 is 0 Å². The number of unbranched alkanes of at least 4 members (excludes halogenated alkanes) is 1. The number of alkyl halides is 1. The first kappa shape index (κ1) is 17.0. The van der Waals surface area contributed by atoms with Crippen LogP contribution in [0.25, 0.3) is 10.9 Å². The molecule has 0 aliphatic rings. The lowest BCUT2D eigenvalue weighted by molar-refractivity contribution is 0.0775. The van der Waals surface area contributed by atoms with Gasteiger partial charge in [-0.2, -0.15) is 0 Å². The highest BCUT2D eigenvalue weighted by Crippen LogP contribution is 2.18. The van der Waals surface area contributed by atoms with Crippen molar-refractivity contribution in [2.45, 2.75) is 45.3 Å². The van der Waals surface area contributed by atoms with Crippen molar-refractivity contribution in [3.63, 3.8) is 0 Å². The Morgan fingerprint density at radius 3 is 2.95 bits per heavy atom. The highest BCUT2D eigenvalue weighted by molar-refractivity contribution is 5.83. The van der Waals surface area contributed by atoms with Crippen LogP contribution in [0.4, 0.5) is 4.39 Å². The fourth-order valence-electron chi connectivity index (χ4n) is 2.55. The molecule has 0 amide bonds. The molecule has 0 saturated carbocycles. The Hall–Kier alpha value is -1.39. The van der Waals surface area contributed by atoms with Gasteiger partial charge in [0.05, 0.1) is 6.61 Å². The van der Waals surface area contributed by atoms with Crippen molar-refractivity contribution < 1.29 is 9.13 Å². The molecule has 4 heteroatoms. The maximum absolute atomic E-state index is 13.7. The van der Waals surface area contributed by atoms with Crippen LogP contribution in [0, 0.1) is 0 Å². The van der Waals surface area contributed by atoms with Crippen LogP contribution in [0.3, 0.4) is 0 Å². The van der Waals surface area contributed by atoms with E-state index in [1.165, 1.54) is 10.9 Å². The standard InChI is InChI=1S/C18H27FN2O/c1-3-4-9-22-13-16(19)12-20-14(2)10-15-11-21-18-8-6-5-7-17(15)18/h5-8,11,14,16,20-21H,3-4,9-10,12-13H2,1-2H3/t14-,16-/m1/s1. The molecule has 2 aromatic rings. The Morgan fingerprint density at radius 2 is 2.14 bits per heavy atom. The molecule has 2 N–H and O–H groups in total. The summed E-state index contributed by atoms with van der Waals surface area (Å²) in [6.07, 6.45) is 4.06. The van der Waals surface area contributed by atoms with Gasteiger partial charge in [0.1, 0.15) is 6.17 Å². The molecule has 1 heterocycles. The summed E-state index contributed by atoms with van der Waals surface area (Å²) in [5.41, 5.74) is 2.42. The maximum Gasteiger partial charge on any atom is 0.136 e. The fraction of sp³-hybridized carbons (Fsp3) is 0.556. The van der Waals surface area contributed by atoms with Gasteiger partial charge in [-0.1, -0.05) is 31.5 Å². The maximum atomic E-state index is 13.7. The summed E-state index contributed by atoms with van der Waals surface area (Å²) in [5, 5.41) is 4.50. The summed E-state index contributed by atoms with van der Waals surface area (Å²) in [7, 11) is 0. The first-order valence-corrected chi connectivity index (χ1v) is 8.21. The predicted molar refractivity (Wildman–Crippen MR) is 90.1 cm³/mol. The molecule has 1 aromatic carbocycles. The molecular weight excluding hydrogens is 279 g/mol. The number of ether oxygens (including phenoxy) is 1. The van der Waals surface area contributed by atoms with Crippen LogP contribution in [0.15, 0.2) is 30.5 Å². The SMILES string of the molecule is CCCCOC[C@H](F)CN[C@H](C)Cc1c[nH]c2ccccc12. The van der Waals surface area contributed by atoms with Gasteiger partial charge in [-0.15, -0.1) is 0 Å². The van der Waals surface area contributed by atoms with Gasteiger partial charge in [-0.3, -0.25) is 0 Å². The van der Waals surface area contributed by atoms with Crippen LogP contribution in [0.5, 0.6) is 0 Å². The number of benzene rings is 1. The van der Waals surface area contributed by atoms with E-state index in [2.05, 4.69) is 36.3 Å². The molecule has 122 valence electrons. The highest BCUT2D eigenvalue weighted by atomic mass is 19.1. The van der Waals surface area contributed by atoms with E-state index in [1.807, 2.05) is 18.3 Å². The summed E-state index contributed by atoms with van der Waals surface area (Å²) in [6, 6.07) is 8.49. The van der Waals surface area contributed by atoms with E-state index >= 15 is 0 Å². The first-order valence-electron chi connectivity index (χ1n) is 8.21. The molecule has 2 rings (SSSR count). The Kier molecular flexibility index (Phi) is 6.87. The van der Waals surface area contributed by atoms with E-state index < -0.39 is 6.17 Å². The van der Waals surface area contributed by atoms with Crippen LogP contribution in [0.2, 0.25) is 0 Å². The number of hydrogen-bond acceptors (Lipinski definition) is 2. The average Bonchev–Trinajstić information content (AvgIpc) is 2.93. The van der Waals surface area contributed by atoms with Crippen LogP contribution < -0.4 is 5.32 Å². The molecule has 0 aliphatic heterocycles. The normalized spacial score (nSPS) is 14.3. The Balaban J connectivity index is 1.72. The summed E-state index contributed by atoms with van der Waals surface area (Å²) in [6.45, 7) is 5.38. The van der Waals surface area contributed by atoms with Crippen molar-refractivity contribution >= 4 is 10.9 Å². The molecular formula is C18H27FN2O. The second kappa shape index (κ2) is 8.91. The number of rotatable bonds is 10. The largest absolute Gasteiger partial charge is 0.378 e. The van der Waals surface area contributed by atoms with Gasteiger partial charge < -0.3 is 15.0 Å². The number of para-hydroxylation sites is 1. The van der Waals surface area contributed by atoms with Crippen molar-refractivity contribution in [3.8, 4) is 0 Å². The lowest BCUT2D eigenvalue weighted by atomic mass is 10.1. The van der Waals surface area contributed by atoms with Crippen LogP contribution in [-0.2, 0) is 11.2 Å². The molecule has 2 atom stereocenters.